The van der Waals surface area contributed by atoms with E-state index in [1.165, 1.54) is 17.7 Å². The topological polar surface area (TPSA) is 20.2 Å². The molecule has 1 aliphatic carbocycles. The molecule has 23 heavy (non-hydrogen) atoms. The van der Waals surface area contributed by atoms with Crippen LogP contribution in [0.1, 0.15) is 24.0 Å². The van der Waals surface area contributed by atoms with E-state index >= 15 is 0 Å². The number of hydrogen-bond acceptors (Lipinski definition) is 1. The fourth-order valence-corrected chi connectivity index (χ4v) is 4.41. The molecule has 0 heterocycles. The van der Waals surface area contributed by atoms with Crippen molar-refractivity contribution >= 4 is 11.6 Å². The van der Waals surface area contributed by atoms with Gasteiger partial charge in [0.25, 0.3) is 0 Å². The summed E-state index contributed by atoms with van der Waals surface area (Å²) in [6.45, 7) is 0. The highest BCUT2D eigenvalue weighted by molar-refractivity contribution is 6.18. The fraction of sp³-hybridized carbons (Fsp3) is 0.400. The Bertz CT molecular complexity index is 628. The lowest BCUT2D eigenvalue weighted by atomic mass is 9.81. The minimum absolute atomic E-state index is 0.0643. The van der Waals surface area contributed by atoms with E-state index < -0.39 is 5.60 Å². The minimum atomic E-state index is -0.793. The lowest BCUT2D eigenvalue weighted by molar-refractivity contribution is 0.00182. The SMILES string of the molecule is OC1(Cc2ccc(F)cc2)CCC(Cc2ccccc2)C1CCl. The Kier molecular flexibility index (Phi) is 5.03. The Morgan fingerprint density at radius 1 is 1.04 bits per heavy atom. The minimum Gasteiger partial charge on any atom is -0.389 e. The first-order chi connectivity index (χ1) is 11.1. The summed E-state index contributed by atoms with van der Waals surface area (Å²) < 4.78 is 13.1. The van der Waals surface area contributed by atoms with Crippen LogP contribution in [0.4, 0.5) is 4.39 Å². The molecule has 1 saturated carbocycles. The van der Waals surface area contributed by atoms with E-state index in [1.807, 2.05) is 18.2 Å². The molecule has 3 unspecified atom stereocenters. The molecule has 1 aliphatic rings. The second kappa shape index (κ2) is 7.02. The third-order valence-corrected chi connectivity index (χ3v) is 5.47. The maximum Gasteiger partial charge on any atom is 0.123 e. The van der Waals surface area contributed by atoms with Crippen molar-refractivity contribution in [2.24, 2.45) is 11.8 Å². The van der Waals surface area contributed by atoms with Gasteiger partial charge in [0.1, 0.15) is 5.82 Å². The first-order valence-corrected chi connectivity index (χ1v) is 8.71. The van der Waals surface area contributed by atoms with E-state index in [-0.39, 0.29) is 11.7 Å². The van der Waals surface area contributed by atoms with Crippen LogP contribution in [-0.2, 0) is 12.8 Å². The van der Waals surface area contributed by atoms with E-state index in [4.69, 9.17) is 11.6 Å². The van der Waals surface area contributed by atoms with Gasteiger partial charge in [-0.3, -0.25) is 0 Å². The van der Waals surface area contributed by atoms with Crippen LogP contribution >= 0.6 is 11.6 Å². The number of benzene rings is 2. The highest BCUT2D eigenvalue weighted by atomic mass is 35.5. The smallest absolute Gasteiger partial charge is 0.123 e. The van der Waals surface area contributed by atoms with Crippen molar-refractivity contribution in [1.82, 2.24) is 0 Å². The van der Waals surface area contributed by atoms with Gasteiger partial charge in [-0.15, -0.1) is 11.6 Å². The first-order valence-electron chi connectivity index (χ1n) is 8.17. The normalized spacial score (nSPS) is 27.3. The molecule has 0 spiro atoms. The molecular formula is C20H22ClFO. The summed E-state index contributed by atoms with van der Waals surface area (Å²) in [6.07, 6.45) is 3.21. The molecule has 0 bridgehead atoms. The average molecular weight is 333 g/mol. The van der Waals surface area contributed by atoms with Crippen LogP contribution in [0.3, 0.4) is 0 Å². The number of hydrogen-bond donors (Lipinski definition) is 1. The fourth-order valence-electron chi connectivity index (χ4n) is 3.87. The van der Waals surface area contributed by atoms with Crippen LogP contribution in [0.5, 0.6) is 0 Å². The Hall–Kier alpha value is -1.38. The van der Waals surface area contributed by atoms with E-state index in [2.05, 4.69) is 12.1 Å². The molecule has 0 aliphatic heterocycles. The zero-order chi connectivity index (χ0) is 16.3. The molecule has 1 N–H and O–H groups in total. The lowest BCUT2D eigenvalue weighted by Crippen LogP contribution is -2.39. The molecule has 3 rings (SSSR count). The molecule has 2 aromatic carbocycles. The standard InChI is InChI=1S/C20H22ClFO/c21-14-19-17(12-15-4-2-1-3-5-15)10-11-20(19,23)13-16-6-8-18(22)9-7-16/h1-9,17,19,23H,10-14H2. The zero-order valence-corrected chi connectivity index (χ0v) is 13.8. The molecule has 122 valence electrons. The number of rotatable bonds is 5. The van der Waals surface area contributed by atoms with Crippen LogP contribution in [-0.4, -0.2) is 16.6 Å². The largest absolute Gasteiger partial charge is 0.389 e. The van der Waals surface area contributed by atoms with Gasteiger partial charge >= 0.3 is 0 Å². The van der Waals surface area contributed by atoms with E-state index in [0.717, 1.165) is 24.8 Å². The molecule has 0 radical (unpaired) electrons. The number of aliphatic hydroxyl groups is 1. The quantitative estimate of drug-likeness (QED) is 0.793. The Morgan fingerprint density at radius 2 is 1.74 bits per heavy atom. The van der Waals surface area contributed by atoms with Gasteiger partial charge in [-0.25, -0.2) is 4.39 Å². The third-order valence-electron chi connectivity index (χ3n) is 5.14. The Morgan fingerprint density at radius 3 is 2.39 bits per heavy atom. The summed E-state index contributed by atoms with van der Waals surface area (Å²) in [5, 5.41) is 11.1. The molecule has 3 atom stereocenters. The third kappa shape index (κ3) is 3.76. The highest BCUT2D eigenvalue weighted by Gasteiger charge is 2.46. The first kappa shape index (κ1) is 16.5. The number of alkyl halides is 1. The predicted octanol–water partition coefficient (Wildman–Crippen LogP) is 4.61. The van der Waals surface area contributed by atoms with Crippen LogP contribution in [0, 0.1) is 17.7 Å². The molecule has 3 heteroatoms. The molecule has 1 nitrogen and oxygen atoms in total. The maximum atomic E-state index is 13.1. The summed E-state index contributed by atoms with van der Waals surface area (Å²) in [5.74, 6) is 0.660. The van der Waals surface area contributed by atoms with Gasteiger partial charge < -0.3 is 5.11 Å². The van der Waals surface area contributed by atoms with Crippen LogP contribution in [0.15, 0.2) is 54.6 Å². The lowest BCUT2D eigenvalue weighted by Gasteiger charge is -2.32. The highest BCUT2D eigenvalue weighted by Crippen LogP contribution is 2.44. The van der Waals surface area contributed by atoms with Gasteiger partial charge in [0.15, 0.2) is 0 Å². The van der Waals surface area contributed by atoms with E-state index in [9.17, 15) is 9.50 Å². The van der Waals surface area contributed by atoms with Crippen molar-refractivity contribution in [3.05, 3.63) is 71.5 Å². The van der Waals surface area contributed by atoms with Crippen molar-refractivity contribution in [2.75, 3.05) is 5.88 Å². The van der Waals surface area contributed by atoms with Crippen molar-refractivity contribution in [1.29, 1.82) is 0 Å². The van der Waals surface area contributed by atoms with Gasteiger partial charge in [0, 0.05) is 18.2 Å². The van der Waals surface area contributed by atoms with E-state index in [1.54, 1.807) is 12.1 Å². The average Bonchev–Trinajstić information content (AvgIpc) is 2.86. The zero-order valence-electron chi connectivity index (χ0n) is 13.1. The number of halogens is 2. The van der Waals surface area contributed by atoms with Gasteiger partial charge in [0.05, 0.1) is 5.60 Å². The van der Waals surface area contributed by atoms with Crippen molar-refractivity contribution in [3.63, 3.8) is 0 Å². The summed E-state index contributed by atoms with van der Waals surface area (Å²) >= 11 is 6.22. The molecule has 0 saturated heterocycles. The Balaban J connectivity index is 1.73. The van der Waals surface area contributed by atoms with Crippen LogP contribution < -0.4 is 0 Å². The second-order valence-corrected chi connectivity index (χ2v) is 6.96. The van der Waals surface area contributed by atoms with Crippen LogP contribution in [0.25, 0.3) is 0 Å². The molecule has 0 amide bonds. The van der Waals surface area contributed by atoms with Gasteiger partial charge in [-0.05, 0) is 48.4 Å². The van der Waals surface area contributed by atoms with Crippen molar-refractivity contribution in [2.45, 2.75) is 31.3 Å². The predicted molar refractivity (Wildman–Crippen MR) is 92.1 cm³/mol. The Labute approximate surface area is 142 Å². The summed E-state index contributed by atoms with van der Waals surface area (Å²) in [5.41, 5.74) is 1.46. The maximum absolute atomic E-state index is 13.1. The summed E-state index contributed by atoms with van der Waals surface area (Å²) in [7, 11) is 0. The van der Waals surface area contributed by atoms with Crippen molar-refractivity contribution < 1.29 is 9.50 Å². The van der Waals surface area contributed by atoms with Crippen molar-refractivity contribution in [3.8, 4) is 0 Å². The van der Waals surface area contributed by atoms with Crippen LogP contribution in [0.2, 0.25) is 0 Å². The molecule has 1 fully saturated rings. The summed E-state index contributed by atoms with van der Waals surface area (Å²) in [6, 6.07) is 16.8. The van der Waals surface area contributed by atoms with E-state index in [0.29, 0.717) is 18.2 Å². The van der Waals surface area contributed by atoms with Gasteiger partial charge in [-0.1, -0.05) is 42.5 Å². The second-order valence-electron chi connectivity index (χ2n) is 6.66. The van der Waals surface area contributed by atoms with Gasteiger partial charge in [-0.2, -0.15) is 0 Å². The monoisotopic (exact) mass is 332 g/mol. The molecule has 0 aromatic heterocycles. The van der Waals surface area contributed by atoms with Gasteiger partial charge in [0.2, 0.25) is 0 Å². The summed E-state index contributed by atoms with van der Waals surface area (Å²) in [4.78, 5) is 0. The molecular weight excluding hydrogens is 311 g/mol. The molecule has 2 aromatic rings.